The topological polar surface area (TPSA) is 56.0 Å². The summed E-state index contributed by atoms with van der Waals surface area (Å²) in [5, 5.41) is 2.60. The number of aromatic nitrogens is 1. The van der Waals surface area contributed by atoms with Crippen molar-refractivity contribution in [3.8, 4) is 10.6 Å². The van der Waals surface area contributed by atoms with E-state index < -0.39 is 0 Å². The van der Waals surface area contributed by atoms with Gasteiger partial charge in [0.2, 0.25) is 0 Å². The molecule has 2 N–H and O–H groups in total. The van der Waals surface area contributed by atoms with Gasteiger partial charge in [-0.25, -0.2) is 4.98 Å². The van der Waals surface area contributed by atoms with Crippen LogP contribution in [0.5, 0.6) is 0 Å². The molecule has 0 saturated carbocycles. The molecule has 4 heteroatoms. The van der Waals surface area contributed by atoms with E-state index in [4.69, 9.17) is 5.73 Å². The number of ketones is 1. The zero-order chi connectivity index (χ0) is 10.7. The maximum atomic E-state index is 11.3. The number of thiazole rings is 1. The smallest absolute Gasteiger partial charge is 0.195 e. The predicted molar refractivity (Wildman–Crippen MR) is 60.9 cm³/mol. The molecule has 2 rings (SSSR count). The molecular weight excluding hydrogens is 208 g/mol. The van der Waals surface area contributed by atoms with Crippen molar-refractivity contribution in [1.82, 2.24) is 4.98 Å². The van der Waals surface area contributed by atoms with Crippen molar-refractivity contribution in [3.63, 3.8) is 0 Å². The molecule has 1 heterocycles. The van der Waals surface area contributed by atoms with Crippen LogP contribution in [0.3, 0.4) is 0 Å². The molecule has 0 fully saturated rings. The molecule has 0 spiro atoms. The fraction of sp³-hybridized carbons (Fsp3) is 0.0909. The highest BCUT2D eigenvalue weighted by Gasteiger charge is 2.09. The van der Waals surface area contributed by atoms with Crippen molar-refractivity contribution >= 4 is 17.1 Å². The maximum Gasteiger partial charge on any atom is 0.195 e. The van der Waals surface area contributed by atoms with Crippen LogP contribution >= 0.6 is 11.3 Å². The summed E-state index contributed by atoms with van der Waals surface area (Å²) in [5.41, 5.74) is 6.75. The summed E-state index contributed by atoms with van der Waals surface area (Å²) in [4.78, 5) is 15.5. The summed E-state index contributed by atoms with van der Waals surface area (Å²) in [6, 6.07) is 9.77. The van der Waals surface area contributed by atoms with Crippen molar-refractivity contribution in [1.29, 1.82) is 0 Å². The number of hydrogen-bond acceptors (Lipinski definition) is 4. The lowest BCUT2D eigenvalue weighted by Crippen LogP contribution is -2.13. The first-order chi connectivity index (χ1) is 7.31. The second-order valence-electron chi connectivity index (χ2n) is 3.03. The van der Waals surface area contributed by atoms with Crippen molar-refractivity contribution in [2.45, 2.75) is 0 Å². The van der Waals surface area contributed by atoms with Crippen LogP contribution in [0.15, 0.2) is 35.7 Å². The molecule has 0 amide bonds. The number of benzene rings is 1. The minimum Gasteiger partial charge on any atom is -0.324 e. The molecule has 76 valence electrons. The highest BCUT2D eigenvalue weighted by atomic mass is 32.1. The number of carbonyl (C=O) groups excluding carboxylic acids is 1. The van der Waals surface area contributed by atoms with E-state index in [0.717, 1.165) is 10.6 Å². The van der Waals surface area contributed by atoms with Gasteiger partial charge in [0.05, 0.1) is 6.54 Å². The minimum atomic E-state index is -0.117. The molecule has 0 saturated heterocycles. The summed E-state index contributed by atoms with van der Waals surface area (Å²) in [5.74, 6) is -0.117. The normalized spacial score (nSPS) is 10.2. The number of nitrogens with zero attached hydrogens (tertiary/aromatic N) is 1. The highest BCUT2D eigenvalue weighted by Crippen LogP contribution is 2.23. The molecule has 2 aromatic rings. The average Bonchev–Trinajstić information content (AvgIpc) is 2.78. The van der Waals surface area contributed by atoms with Crippen molar-refractivity contribution < 1.29 is 4.79 Å². The van der Waals surface area contributed by atoms with Crippen LogP contribution in [0.1, 0.15) is 10.5 Å². The third kappa shape index (κ3) is 2.11. The van der Waals surface area contributed by atoms with Crippen LogP contribution in [-0.2, 0) is 0 Å². The van der Waals surface area contributed by atoms with Gasteiger partial charge in [0.15, 0.2) is 5.78 Å². The number of hydrogen-bond donors (Lipinski definition) is 1. The Hall–Kier alpha value is -1.52. The molecule has 0 unspecified atom stereocenters. The van der Waals surface area contributed by atoms with Gasteiger partial charge >= 0.3 is 0 Å². The van der Waals surface area contributed by atoms with Gasteiger partial charge in [-0.05, 0) is 0 Å². The molecule has 0 bridgehead atoms. The van der Waals surface area contributed by atoms with Gasteiger partial charge in [-0.3, -0.25) is 4.79 Å². The van der Waals surface area contributed by atoms with Crippen LogP contribution in [0.25, 0.3) is 10.6 Å². The Morgan fingerprint density at radius 1 is 1.33 bits per heavy atom. The van der Waals surface area contributed by atoms with Crippen LogP contribution in [0.2, 0.25) is 0 Å². The second-order valence-corrected chi connectivity index (χ2v) is 3.89. The maximum absolute atomic E-state index is 11.3. The van der Waals surface area contributed by atoms with Crippen LogP contribution < -0.4 is 5.73 Å². The molecule has 1 aromatic heterocycles. The molecular formula is C11H10N2OS. The van der Waals surface area contributed by atoms with Gasteiger partial charge < -0.3 is 5.73 Å². The molecule has 0 atom stereocenters. The molecule has 0 aliphatic rings. The van der Waals surface area contributed by atoms with E-state index in [0.29, 0.717) is 5.69 Å². The molecule has 3 nitrogen and oxygen atoms in total. The van der Waals surface area contributed by atoms with Crippen LogP contribution in [0.4, 0.5) is 0 Å². The highest BCUT2D eigenvalue weighted by molar-refractivity contribution is 7.13. The van der Waals surface area contributed by atoms with Gasteiger partial charge in [-0.15, -0.1) is 11.3 Å². The summed E-state index contributed by atoms with van der Waals surface area (Å²) >= 11 is 1.46. The number of nitrogens with two attached hydrogens (primary N) is 1. The molecule has 0 radical (unpaired) electrons. The SMILES string of the molecule is NCC(=O)c1csc(-c2ccccc2)n1. The fourth-order valence-corrected chi connectivity index (χ4v) is 2.05. The van der Waals surface area contributed by atoms with Gasteiger partial charge in [-0.2, -0.15) is 0 Å². The van der Waals surface area contributed by atoms with E-state index in [1.54, 1.807) is 5.38 Å². The molecule has 15 heavy (non-hydrogen) atoms. The quantitative estimate of drug-likeness (QED) is 0.801. The van der Waals surface area contributed by atoms with E-state index >= 15 is 0 Å². The van der Waals surface area contributed by atoms with Crippen LogP contribution in [-0.4, -0.2) is 17.3 Å². The third-order valence-corrected chi connectivity index (χ3v) is 2.89. The summed E-state index contributed by atoms with van der Waals surface area (Å²) < 4.78 is 0. The van der Waals surface area contributed by atoms with Crippen molar-refractivity contribution in [2.24, 2.45) is 5.73 Å². The standard InChI is InChI=1S/C11H10N2OS/c12-6-10(14)9-7-15-11(13-9)8-4-2-1-3-5-8/h1-5,7H,6,12H2. The summed E-state index contributed by atoms with van der Waals surface area (Å²) in [6.07, 6.45) is 0. The zero-order valence-electron chi connectivity index (χ0n) is 8.01. The molecule has 0 aliphatic heterocycles. The zero-order valence-corrected chi connectivity index (χ0v) is 8.83. The lowest BCUT2D eigenvalue weighted by atomic mass is 10.2. The van der Waals surface area contributed by atoms with Gasteiger partial charge in [-0.1, -0.05) is 30.3 Å². The minimum absolute atomic E-state index is 0.0119. The van der Waals surface area contributed by atoms with Crippen molar-refractivity contribution in [2.75, 3.05) is 6.54 Å². The number of carbonyl (C=O) groups is 1. The van der Waals surface area contributed by atoms with E-state index in [1.165, 1.54) is 11.3 Å². The Labute approximate surface area is 91.6 Å². The summed E-state index contributed by atoms with van der Waals surface area (Å²) in [6.45, 7) is 0.0119. The first-order valence-corrected chi connectivity index (χ1v) is 5.43. The Bertz CT molecular complexity index is 464. The lowest BCUT2D eigenvalue weighted by molar-refractivity contribution is 0.0997. The van der Waals surface area contributed by atoms with Crippen LogP contribution in [0, 0.1) is 0 Å². The van der Waals surface area contributed by atoms with E-state index in [-0.39, 0.29) is 12.3 Å². The first kappa shape index (κ1) is 10.0. The number of Topliss-reactive ketones (excluding diaryl/α,β-unsaturated/α-hetero) is 1. The Morgan fingerprint density at radius 3 is 2.73 bits per heavy atom. The Morgan fingerprint density at radius 2 is 2.07 bits per heavy atom. The summed E-state index contributed by atoms with van der Waals surface area (Å²) in [7, 11) is 0. The van der Waals surface area contributed by atoms with Gasteiger partial charge in [0.25, 0.3) is 0 Å². The van der Waals surface area contributed by atoms with Crippen molar-refractivity contribution in [3.05, 3.63) is 41.4 Å². The van der Waals surface area contributed by atoms with E-state index in [2.05, 4.69) is 4.98 Å². The predicted octanol–water partition coefficient (Wildman–Crippen LogP) is 1.95. The first-order valence-electron chi connectivity index (χ1n) is 4.55. The molecule has 0 aliphatic carbocycles. The Balaban J connectivity index is 2.32. The third-order valence-electron chi connectivity index (χ3n) is 2.00. The number of rotatable bonds is 3. The van der Waals surface area contributed by atoms with E-state index in [9.17, 15) is 4.79 Å². The van der Waals surface area contributed by atoms with Gasteiger partial charge in [0.1, 0.15) is 10.7 Å². The van der Waals surface area contributed by atoms with Gasteiger partial charge in [0, 0.05) is 10.9 Å². The fourth-order valence-electron chi connectivity index (χ4n) is 1.22. The second kappa shape index (κ2) is 4.33. The van der Waals surface area contributed by atoms with E-state index in [1.807, 2.05) is 30.3 Å². The Kier molecular flexibility index (Phi) is 2.89. The average molecular weight is 218 g/mol. The lowest BCUT2D eigenvalue weighted by Gasteiger charge is -1.93. The largest absolute Gasteiger partial charge is 0.324 e. The molecule has 1 aromatic carbocycles. The monoisotopic (exact) mass is 218 g/mol.